The van der Waals surface area contributed by atoms with Gasteiger partial charge in [-0.05, 0) is 86.1 Å². The molecule has 5 rings (SSSR count). The van der Waals surface area contributed by atoms with Crippen molar-refractivity contribution < 1.29 is 27.4 Å². The summed E-state index contributed by atoms with van der Waals surface area (Å²) >= 11 is 0. The van der Waals surface area contributed by atoms with E-state index in [9.17, 15) is 13.2 Å². The molecule has 2 fully saturated rings. The van der Waals surface area contributed by atoms with E-state index in [4.69, 9.17) is 14.2 Å². The quantitative estimate of drug-likeness (QED) is 0.604. The first-order valence-corrected chi connectivity index (χ1v) is 12.8. The molecule has 7 nitrogen and oxygen atoms in total. The van der Waals surface area contributed by atoms with Crippen LogP contribution in [0.5, 0.6) is 0 Å². The molecule has 1 saturated carbocycles. The van der Waals surface area contributed by atoms with Gasteiger partial charge in [0.15, 0.2) is 6.29 Å². The summed E-state index contributed by atoms with van der Waals surface area (Å²) in [6, 6.07) is 5.02. The maximum Gasteiger partial charge on any atom is 0.338 e. The van der Waals surface area contributed by atoms with Gasteiger partial charge in [-0.25, -0.2) is 13.2 Å². The fourth-order valence-corrected chi connectivity index (χ4v) is 5.70. The largest absolute Gasteiger partial charge is 0.465 e. The molecule has 170 valence electrons. The lowest BCUT2D eigenvalue weighted by Crippen LogP contribution is -2.27. The maximum absolute atomic E-state index is 12.6. The van der Waals surface area contributed by atoms with Crippen LogP contribution in [0.3, 0.4) is 0 Å². The van der Waals surface area contributed by atoms with Crippen LogP contribution in [0, 0.1) is 11.8 Å². The van der Waals surface area contributed by atoms with Gasteiger partial charge < -0.3 is 14.2 Å². The fourth-order valence-electron chi connectivity index (χ4n) is 4.79. The zero-order valence-electron chi connectivity index (χ0n) is 18.0. The number of fused-ring (bicyclic) bond motifs is 2. The van der Waals surface area contributed by atoms with E-state index in [0.717, 1.165) is 43.2 Å². The van der Waals surface area contributed by atoms with Crippen molar-refractivity contribution in [3.63, 3.8) is 0 Å². The van der Waals surface area contributed by atoms with Crippen molar-refractivity contribution in [2.75, 3.05) is 30.8 Å². The minimum absolute atomic E-state index is 0.0714. The summed E-state index contributed by atoms with van der Waals surface area (Å²) < 4.78 is 43.8. The van der Waals surface area contributed by atoms with E-state index in [1.54, 1.807) is 18.2 Å². The topological polar surface area (TPSA) is 90.9 Å². The van der Waals surface area contributed by atoms with Crippen molar-refractivity contribution in [2.45, 2.75) is 51.2 Å². The second kappa shape index (κ2) is 9.71. The zero-order valence-corrected chi connectivity index (χ0v) is 18.8. The number of hydrogen-bond donors (Lipinski definition) is 1. The summed E-state index contributed by atoms with van der Waals surface area (Å²) in [7, 11) is -2.24. The molecule has 1 aromatic carbocycles. The lowest BCUT2D eigenvalue weighted by Gasteiger charge is -2.36. The van der Waals surface area contributed by atoms with Gasteiger partial charge in [-0.15, -0.1) is 0 Å². The van der Waals surface area contributed by atoms with Gasteiger partial charge in [0.2, 0.25) is 10.0 Å². The second-order valence-electron chi connectivity index (χ2n) is 8.57. The number of esters is 1. The molecule has 3 aliphatic carbocycles. The Kier molecular flexibility index (Phi) is 6.99. The third kappa shape index (κ3) is 5.48. The van der Waals surface area contributed by atoms with Crippen LogP contribution in [0.15, 0.2) is 24.3 Å². The molecule has 1 heterocycles. The van der Waals surface area contributed by atoms with Gasteiger partial charge in [-0.1, -0.05) is 6.08 Å². The number of sulfonamides is 1. The first-order chi connectivity index (χ1) is 14.9. The monoisotopic (exact) mass is 449 g/mol. The van der Waals surface area contributed by atoms with Gasteiger partial charge in [-0.2, -0.15) is 0 Å². The molecule has 8 heteroatoms. The highest BCUT2D eigenvalue weighted by Gasteiger charge is 2.31. The molecule has 2 bridgehead atoms. The molecule has 0 spiro atoms. The van der Waals surface area contributed by atoms with Gasteiger partial charge in [0.25, 0.3) is 0 Å². The number of ether oxygens (including phenoxy) is 3. The molecular formula is C23H31NO6S. The van der Waals surface area contributed by atoms with E-state index in [2.05, 4.69) is 10.8 Å². The van der Waals surface area contributed by atoms with E-state index < -0.39 is 16.0 Å². The standard InChI is InChI=1S/C23H31NO6S/c1-28-23(25)19-10-9-18(15-21(19)20-14-16-5-7-17(20)8-6-16)24-31(26,27)13-12-30-22-4-2-3-11-29-22/h9-10,14-17,22,24H,2-8,11-13H2,1H3. The Labute approximate surface area is 184 Å². The van der Waals surface area contributed by atoms with Gasteiger partial charge >= 0.3 is 5.97 Å². The van der Waals surface area contributed by atoms with Crippen LogP contribution in [0.4, 0.5) is 5.69 Å². The Bertz CT molecular complexity index is 927. The number of allylic oxidation sites excluding steroid dienone is 2. The molecule has 1 aliphatic heterocycles. The number of nitrogens with one attached hydrogen (secondary N) is 1. The summed E-state index contributed by atoms with van der Waals surface area (Å²) in [5.74, 6) is 0.371. The average Bonchev–Trinajstić information content (AvgIpc) is 2.79. The van der Waals surface area contributed by atoms with E-state index in [1.807, 2.05) is 0 Å². The summed E-state index contributed by atoms with van der Waals surface area (Å²) in [5.41, 5.74) is 2.83. The van der Waals surface area contributed by atoms with E-state index in [1.165, 1.54) is 20.0 Å². The van der Waals surface area contributed by atoms with Crippen molar-refractivity contribution in [1.82, 2.24) is 0 Å². The smallest absolute Gasteiger partial charge is 0.338 e. The van der Waals surface area contributed by atoms with Gasteiger partial charge in [0.05, 0.1) is 25.0 Å². The maximum atomic E-state index is 12.6. The van der Waals surface area contributed by atoms with Crippen LogP contribution < -0.4 is 4.72 Å². The highest BCUT2D eigenvalue weighted by atomic mass is 32.2. The second-order valence-corrected chi connectivity index (χ2v) is 10.4. The molecule has 1 unspecified atom stereocenters. The first-order valence-electron chi connectivity index (χ1n) is 11.1. The Morgan fingerprint density at radius 1 is 1.16 bits per heavy atom. The highest BCUT2D eigenvalue weighted by Crippen LogP contribution is 2.46. The molecule has 1 aromatic rings. The van der Waals surface area contributed by atoms with E-state index in [0.29, 0.717) is 29.7 Å². The molecule has 0 radical (unpaired) electrons. The summed E-state index contributed by atoms with van der Waals surface area (Å²) in [6.45, 7) is 0.727. The van der Waals surface area contributed by atoms with Gasteiger partial charge in [-0.3, -0.25) is 4.72 Å². The Hall–Kier alpha value is -1.90. The SMILES string of the molecule is COC(=O)c1ccc(NS(=O)(=O)CCOC2CCCCO2)cc1C1=CC2CCC1CC2. The number of rotatable bonds is 8. The van der Waals surface area contributed by atoms with Crippen LogP contribution in [0.25, 0.3) is 5.57 Å². The van der Waals surface area contributed by atoms with Crippen molar-refractivity contribution in [3.8, 4) is 0 Å². The van der Waals surface area contributed by atoms with Gasteiger partial charge in [0, 0.05) is 12.3 Å². The summed E-state index contributed by atoms with van der Waals surface area (Å²) in [4.78, 5) is 12.4. The van der Waals surface area contributed by atoms with Crippen molar-refractivity contribution in [3.05, 3.63) is 35.4 Å². The molecule has 1 N–H and O–H groups in total. The molecule has 31 heavy (non-hydrogen) atoms. The minimum Gasteiger partial charge on any atom is -0.465 e. The third-order valence-corrected chi connectivity index (χ3v) is 7.68. The number of carbonyl (C=O) groups excluding carboxylic acids is 1. The first kappa shape index (κ1) is 22.3. The molecule has 0 amide bonds. The number of hydrogen-bond acceptors (Lipinski definition) is 6. The van der Waals surface area contributed by atoms with Crippen LogP contribution in [0.2, 0.25) is 0 Å². The lowest BCUT2D eigenvalue weighted by molar-refractivity contribution is -0.158. The van der Waals surface area contributed by atoms with Crippen LogP contribution in [-0.2, 0) is 24.2 Å². The number of benzene rings is 1. The Balaban J connectivity index is 1.48. The van der Waals surface area contributed by atoms with E-state index >= 15 is 0 Å². The zero-order chi connectivity index (χ0) is 21.8. The summed E-state index contributed by atoms with van der Waals surface area (Å²) in [6.07, 6.45) is 9.35. The number of anilines is 1. The van der Waals surface area contributed by atoms with Gasteiger partial charge in [0.1, 0.15) is 0 Å². The Morgan fingerprint density at radius 2 is 1.97 bits per heavy atom. The predicted molar refractivity (Wildman–Crippen MR) is 118 cm³/mol. The van der Waals surface area contributed by atoms with Crippen molar-refractivity contribution in [1.29, 1.82) is 0 Å². The Morgan fingerprint density at radius 3 is 2.61 bits per heavy atom. The third-order valence-electron chi connectivity index (χ3n) is 6.43. The number of methoxy groups -OCH3 is 1. The van der Waals surface area contributed by atoms with Crippen LogP contribution in [-0.4, -0.2) is 46.8 Å². The number of carbonyl (C=O) groups is 1. The van der Waals surface area contributed by atoms with Crippen LogP contribution >= 0.6 is 0 Å². The lowest BCUT2D eigenvalue weighted by atomic mass is 9.69. The predicted octanol–water partition coefficient (Wildman–Crippen LogP) is 3.96. The molecule has 4 aliphatic rings. The van der Waals surface area contributed by atoms with E-state index in [-0.39, 0.29) is 18.6 Å². The average molecular weight is 450 g/mol. The molecule has 1 saturated heterocycles. The van der Waals surface area contributed by atoms with Crippen molar-refractivity contribution >= 4 is 27.3 Å². The van der Waals surface area contributed by atoms with Crippen LogP contribution in [0.1, 0.15) is 60.9 Å². The normalized spacial score (nSPS) is 25.7. The molecule has 0 aromatic heterocycles. The molecule has 1 atom stereocenters. The minimum atomic E-state index is -3.60. The summed E-state index contributed by atoms with van der Waals surface area (Å²) in [5, 5.41) is 0. The molecular weight excluding hydrogens is 418 g/mol. The fraction of sp³-hybridized carbons (Fsp3) is 0.609. The van der Waals surface area contributed by atoms with Crippen molar-refractivity contribution in [2.24, 2.45) is 11.8 Å². The highest BCUT2D eigenvalue weighted by molar-refractivity contribution is 7.92.